The van der Waals surface area contributed by atoms with Gasteiger partial charge in [0.2, 0.25) is 5.91 Å². The topological polar surface area (TPSA) is 97.6 Å². The van der Waals surface area contributed by atoms with Crippen LogP contribution in [0, 0.1) is 11.6 Å². The second-order valence-electron chi connectivity index (χ2n) is 9.65. The quantitative estimate of drug-likeness (QED) is 0.331. The Morgan fingerprint density at radius 2 is 1.79 bits per heavy atom. The summed E-state index contributed by atoms with van der Waals surface area (Å²) >= 11 is 0. The molecule has 8 nitrogen and oxygen atoms in total. The summed E-state index contributed by atoms with van der Waals surface area (Å²) < 4.78 is 29.4. The van der Waals surface area contributed by atoms with Crippen LogP contribution in [-0.2, 0) is 23.3 Å². The highest BCUT2D eigenvalue weighted by Crippen LogP contribution is 2.42. The molecule has 1 amide bonds. The van der Waals surface area contributed by atoms with E-state index in [4.69, 9.17) is 10.1 Å². The lowest BCUT2D eigenvalue weighted by Gasteiger charge is -2.19. The second-order valence-corrected chi connectivity index (χ2v) is 9.65. The van der Waals surface area contributed by atoms with Gasteiger partial charge in [-0.25, -0.2) is 28.4 Å². The van der Waals surface area contributed by atoms with Gasteiger partial charge in [0, 0.05) is 18.3 Å². The van der Waals surface area contributed by atoms with Crippen molar-refractivity contribution in [1.82, 2.24) is 24.7 Å². The molecule has 4 heterocycles. The number of nitrogens with one attached hydrogen (secondary N) is 2. The van der Waals surface area contributed by atoms with Crippen molar-refractivity contribution in [3.63, 3.8) is 0 Å². The number of rotatable bonds is 6. The number of aromatic nitrogens is 5. The number of hydrogen-bond donors (Lipinski definition) is 2. The van der Waals surface area contributed by atoms with E-state index in [1.807, 2.05) is 19.9 Å². The molecule has 0 saturated carbocycles. The second kappa shape index (κ2) is 8.98. The van der Waals surface area contributed by atoms with E-state index in [1.165, 1.54) is 18.2 Å². The number of nitrogens with zero attached hydrogens (tertiary/aromatic N) is 5. The van der Waals surface area contributed by atoms with Crippen molar-refractivity contribution in [2.45, 2.75) is 32.4 Å². The Bertz CT molecular complexity index is 1700. The van der Waals surface area contributed by atoms with E-state index in [-0.39, 0.29) is 29.9 Å². The van der Waals surface area contributed by atoms with Gasteiger partial charge in [0.1, 0.15) is 29.0 Å². The first-order valence-electron chi connectivity index (χ1n) is 12.1. The van der Waals surface area contributed by atoms with Crippen LogP contribution < -0.4 is 10.6 Å². The Kier molecular flexibility index (Phi) is 5.59. The lowest BCUT2D eigenvalue weighted by atomic mass is 9.87. The lowest BCUT2D eigenvalue weighted by molar-refractivity contribution is -0.119. The minimum atomic E-state index is -0.868. The molecule has 2 N–H and O–H groups in total. The van der Waals surface area contributed by atoms with Gasteiger partial charge in [0.15, 0.2) is 11.5 Å². The third-order valence-electron chi connectivity index (χ3n) is 6.70. The zero-order valence-corrected chi connectivity index (χ0v) is 20.7. The number of hydrogen-bond acceptors (Lipinski definition) is 6. The van der Waals surface area contributed by atoms with Crippen molar-refractivity contribution in [3.05, 3.63) is 95.2 Å². The summed E-state index contributed by atoms with van der Waals surface area (Å²) in [5.74, 6) is 0.306. The third kappa shape index (κ3) is 4.03. The summed E-state index contributed by atoms with van der Waals surface area (Å²) in [6, 6.07) is 16.3. The van der Waals surface area contributed by atoms with Crippen molar-refractivity contribution >= 4 is 28.6 Å². The maximum absolute atomic E-state index is 14.4. The Morgan fingerprint density at radius 1 is 1.00 bits per heavy atom. The highest BCUT2D eigenvalue weighted by molar-refractivity contribution is 6.06. The van der Waals surface area contributed by atoms with Crippen LogP contribution in [-0.4, -0.2) is 30.6 Å². The zero-order chi connectivity index (χ0) is 26.4. The molecule has 6 rings (SSSR count). The monoisotopic (exact) mass is 511 g/mol. The highest BCUT2D eigenvalue weighted by Gasteiger charge is 2.43. The Balaban J connectivity index is 1.46. The predicted molar refractivity (Wildman–Crippen MR) is 139 cm³/mol. The van der Waals surface area contributed by atoms with Gasteiger partial charge < -0.3 is 10.6 Å². The number of fused-ring (bicyclic) bond motifs is 2. The van der Waals surface area contributed by atoms with Gasteiger partial charge in [0.05, 0.1) is 22.9 Å². The van der Waals surface area contributed by atoms with Crippen molar-refractivity contribution in [2.24, 2.45) is 0 Å². The average molecular weight is 512 g/mol. The molecule has 190 valence electrons. The minimum Gasteiger partial charge on any atom is -0.366 e. The van der Waals surface area contributed by atoms with E-state index in [0.717, 1.165) is 5.56 Å². The number of carbonyl (C=O) groups is 1. The van der Waals surface area contributed by atoms with E-state index in [9.17, 15) is 13.6 Å². The van der Waals surface area contributed by atoms with Gasteiger partial charge in [-0.3, -0.25) is 4.79 Å². The number of amides is 1. The molecule has 10 heteroatoms. The molecule has 1 aliphatic rings. The van der Waals surface area contributed by atoms with Gasteiger partial charge in [-0.2, -0.15) is 5.10 Å². The van der Waals surface area contributed by atoms with Crippen LogP contribution in [0.4, 0.5) is 20.4 Å². The normalized spacial score (nSPS) is 13.9. The first kappa shape index (κ1) is 23.7. The highest BCUT2D eigenvalue weighted by atomic mass is 19.1. The Morgan fingerprint density at radius 3 is 2.58 bits per heavy atom. The molecule has 5 aromatic rings. The SMILES string of the molecule is CC1(C)C(=O)Nc2nc(-c3nn(Cc4ccccc4F)c4ncccc34)nc(NCc3ccc(F)cc3)c21. The maximum Gasteiger partial charge on any atom is 0.235 e. The van der Waals surface area contributed by atoms with Crippen molar-refractivity contribution in [3.8, 4) is 11.5 Å². The van der Waals surface area contributed by atoms with Crippen LogP contribution in [0.1, 0.15) is 30.5 Å². The lowest BCUT2D eigenvalue weighted by Crippen LogP contribution is -2.27. The fraction of sp³-hybridized carbons (Fsp3) is 0.179. The van der Waals surface area contributed by atoms with Crippen LogP contribution >= 0.6 is 0 Å². The fourth-order valence-electron chi connectivity index (χ4n) is 4.62. The molecule has 0 radical (unpaired) electrons. The van der Waals surface area contributed by atoms with Crippen LogP contribution in [0.25, 0.3) is 22.6 Å². The molecular weight excluding hydrogens is 488 g/mol. The molecule has 2 aromatic carbocycles. The van der Waals surface area contributed by atoms with Gasteiger partial charge in [-0.1, -0.05) is 30.3 Å². The molecule has 0 unspecified atom stereocenters. The van der Waals surface area contributed by atoms with Gasteiger partial charge in [-0.15, -0.1) is 0 Å². The van der Waals surface area contributed by atoms with Crippen LogP contribution in [0.5, 0.6) is 0 Å². The molecule has 0 atom stereocenters. The number of carbonyl (C=O) groups excluding carboxylic acids is 1. The van der Waals surface area contributed by atoms with E-state index in [0.29, 0.717) is 46.0 Å². The molecule has 38 heavy (non-hydrogen) atoms. The van der Waals surface area contributed by atoms with Gasteiger partial charge in [-0.05, 0) is 49.7 Å². The molecule has 0 bridgehead atoms. The Labute approximate surface area is 216 Å². The summed E-state index contributed by atoms with van der Waals surface area (Å²) in [6.07, 6.45) is 1.65. The largest absolute Gasteiger partial charge is 0.366 e. The fourth-order valence-corrected chi connectivity index (χ4v) is 4.62. The average Bonchev–Trinajstić information content (AvgIpc) is 3.38. The zero-order valence-electron chi connectivity index (χ0n) is 20.7. The maximum atomic E-state index is 14.4. The third-order valence-corrected chi connectivity index (χ3v) is 6.70. The van der Waals surface area contributed by atoms with Crippen LogP contribution in [0.2, 0.25) is 0 Å². The number of anilines is 2. The standard InChI is InChI=1S/C28H23F2N7O/c1-28(2)21-23(32-14-16-9-11-18(29)12-10-16)33-25(34-24(21)35-27(28)38)22-19-7-5-13-31-26(19)37(36-22)15-17-6-3-4-8-20(17)30/h3-13H,14-15H2,1-2H3,(H2,32,33,34,35,38). The predicted octanol–water partition coefficient (Wildman–Crippen LogP) is 5.06. The summed E-state index contributed by atoms with van der Waals surface area (Å²) in [5, 5.41) is 11.6. The molecule has 0 spiro atoms. The molecule has 3 aromatic heterocycles. The van der Waals surface area contributed by atoms with E-state index in [1.54, 1.807) is 47.3 Å². The van der Waals surface area contributed by atoms with Crippen molar-refractivity contribution in [2.75, 3.05) is 10.6 Å². The Hall–Kier alpha value is -4.73. The summed E-state index contributed by atoms with van der Waals surface area (Å²) in [5.41, 5.74) is 2.10. The molecular formula is C28H23F2N7O. The number of halogens is 2. The van der Waals surface area contributed by atoms with Crippen molar-refractivity contribution in [1.29, 1.82) is 0 Å². The van der Waals surface area contributed by atoms with Gasteiger partial charge in [0.25, 0.3) is 0 Å². The summed E-state index contributed by atoms with van der Waals surface area (Å²) in [4.78, 5) is 26.7. The molecule has 1 aliphatic heterocycles. The summed E-state index contributed by atoms with van der Waals surface area (Å²) in [6.45, 7) is 4.15. The first-order chi connectivity index (χ1) is 18.3. The minimum absolute atomic E-state index is 0.171. The molecule has 0 aliphatic carbocycles. The molecule has 0 saturated heterocycles. The smallest absolute Gasteiger partial charge is 0.235 e. The molecule has 0 fully saturated rings. The first-order valence-corrected chi connectivity index (χ1v) is 12.1. The van der Waals surface area contributed by atoms with Crippen molar-refractivity contribution < 1.29 is 13.6 Å². The van der Waals surface area contributed by atoms with Crippen LogP contribution in [0.15, 0.2) is 66.9 Å². The van der Waals surface area contributed by atoms with Gasteiger partial charge >= 0.3 is 0 Å². The van der Waals surface area contributed by atoms with Crippen LogP contribution in [0.3, 0.4) is 0 Å². The summed E-state index contributed by atoms with van der Waals surface area (Å²) in [7, 11) is 0. The van der Waals surface area contributed by atoms with E-state index < -0.39 is 5.41 Å². The number of benzene rings is 2. The van der Waals surface area contributed by atoms with E-state index in [2.05, 4.69) is 20.6 Å². The van der Waals surface area contributed by atoms with E-state index >= 15 is 0 Å². The number of pyridine rings is 1.